The van der Waals surface area contributed by atoms with Crippen molar-refractivity contribution < 1.29 is 17.9 Å². The van der Waals surface area contributed by atoms with Gasteiger partial charge in [0.05, 0.1) is 6.61 Å². The number of aromatic nitrogens is 2. The molecule has 120 valence electrons. The molecule has 2 aromatic rings. The highest BCUT2D eigenvalue weighted by atomic mass is 19.4. The highest BCUT2D eigenvalue weighted by molar-refractivity contribution is 5.65. The van der Waals surface area contributed by atoms with E-state index in [1.807, 2.05) is 0 Å². The smallest absolute Gasteiger partial charge is 0.433 e. The highest BCUT2D eigenvalue weighted by Gasteiger charge is 2.37. The lowest BCUT2D eigenvalue weighted by atomic mass is 10.1. The Morgan fingerprint density at radius 3 is 2.45 bits per heavy atom. The van der Waals surface area contributed by atoms with Gasteiger partial charge in [-0.1, -0.05) is 19.8 Å². The van der Waals surface area contributed by atoms with Crippen LogP contribution < -0.4 is 10.5 Å². The number of hydrogen-bond acceptors (Lipinski definition) is 3. The van der Waals surface area contributed by atoms with Gasteiger partial charge in [-0.15, -0.1) is 0 Å². The molecule has 1 heterocycles. The summed E-state index contributed by atoms with van der Waals surface area (Å²) in [5.41, 5.74) is 4.53. The van der Waals surface area contributed by atoms with Crippen LogP contribution >= 0.6 is 0 Å². The third kappa shape index (κ3) is 3.93. The molecule has 3 N–H and O–H groups in total. The van der Waals surface area contributed by atoms with E-state index in [0.717, 1.165) is 19.3 Å². The molecule has 0 atom stereocenters. The van der Waals surface area contributed by atoms with Gasteiger partial charge in [-0.05, 0) is 30.7 Å². The van der Waals surface area contributed by atoms with Crippen LogP contribution in [0, 0.1) is 0 Å². The summed E-state index contributed by atoms with van der Waals surface area (Å²) >= 11 is 0. The van der Waals surface area contributed by atoms with Crippen LogP contribution in [0.15, 0.2) is 24.3 Å². The minimum Gasteiger partial charge on any atom is -0.494 e. The summed E-state index contributed by atoms with van der Waals surface area (Å²) in [6.45, 7) is 2.69. The van der Waals surface area contributed by atoms with Gasteiger partial charge in [0.15, 0.2) is 5.95 Å². The normalized spacial score (nSPS) is 11.6. The van der Waals surface area contributed by atoms with Crippen LogP contribution in [-0.2, 0) is 6.18 Å². The molecule has 2 rings (SSSR count). The number of hydrogen-bond donors (Lipinski definition) is 2. The Bertz CT molecular complexity index is 605. The van der Waals surface area contributed by atoms with Crippen LogP contribution in [0.1, 0.15) is 31.9 Å². The number of rotatable bonds is 6. The van der Waals surface area contributed by atoms with E-state index in [-0.39, 0.29) is 11.6 Å². The molecule has 0 saturated carbocycles. The predicted molar refractivity (Wildman–Crippen MR) is 78.5 cm³/mol. The van der Waals surface area contributed by atoms with Crippen molar-refractivity contribution in [3.05, 3.63) is 30.0 Å². The molecule has 0 bridgehead atoms. The average Bonchev–Trinajstić information content (AvgIpc) is 2.86. The van der Waals surface area contributed by atoms with Gasteiger partial charge in [-0.25, -0.2) is 4.98 Å². The second-order valence-corrected chi connectivity index (χ2v) is 4.92. The minimum atomic E-state index is -4.53. The van der Waals surface area contributed by atoms with Crippen molar-refractivity contribution in [3.63, 3.8) is 0 Å². The summed E-state index contributed by atoms with van der Waals surface area (Å²) in [6, 6.07) is 6.35. The lowest BCUT2D eigenvalue weighted by Crippen LogP contribution is -2.07. The van der Waals surface area contributed by atoms with Gasteiger partial charge in [-0.2, -0.15) is 13.2 Å². The molecule has 0 aliphatic rings. The fourth-order valence-corrected chi connectivity index (χ4v) is 2.06. The second kappa shape index (κ2) is 6.72. The molecular formula is C15H18F3N3O. The molecule has 1 aromatic carbocycles. The van der Waals surface area contributed by atoms with Crippen LogP contribution in [0.5, 0.6) is 5.75 Å². The van der Waals surface area contributed by atoms with Gasteiger partial charge in [0, 0.05) is 5.56 Å². The molecule has 1 aromatic heterocycles. The number of alkyl halides is 3. The number of imidazole rings is 1. The van der Waals surface area contributed by atoms with Gasteiger partial charge in [0.25, 0.3) is 0 Å². The zero-order valence-corrected chi connectivity index (χ0v) is 12.2. The number of ether oxygens (including phenoxy) is 1. The van der Waals surface area contributed by atoms with Crippen LogP contribution in [-0.4, -0.2) is 16.6 Å². The molecule has 0 amide bonds. The molecule has 22 heavy (non-hydrogen) atoms. The summed E-state index contributed by atoms with van der Waals surface area (Å²) in [4.78, 5) is 5.78. The summed E-state index contributed by atoms with van der Waals surface area (Å²) in [7, 11) is 0. The fourth-order valence-electron chi connectivity index (χ4n) is 2.06. The van der Waals surface area contributed by atoms with Gasteiger partial charge in [0.2, 0.25) is 0 Å². The first kappa shape index (κ1) is 16.2. The maximum atomic E-state index is 12.9. The number of nitrogens with two attached hydrogens (primary N) is 1. The Morgan fingerprint density at radius 2 is 1.86 bits per heavy atom. The van der Waals surface area contributed by atoms with E-state index in [0.29, 0.717) is 17.9 Å². The van der Waals surface area contributed by atoms with Crippen molar-refractivity contribution in [2.75, 3.05) is 12.3 Å². The van der Waals surface area contributed by atoms with Gasteiger partial charge in [0.1, 0.15) is 17.1 Å². The Balaban J connectivity index is 2.14. The number of halogens is 3. The lowest BCUT2D eigenvalue weighted by molar-refractivity contribution is -0.140. The highest BCUT2D eigenvalue weighted by Crippen LogP contribution is 2.36. The number of benzene rings is 1. The topological polar surface area (TPSA) is 63.9 Å². The molecule has 0 aliphatic heterocycles. The van der Waals surface area contributed by atoms with E-state index in [1.165, 1.54) is 0 Å². The Labute approximate surface area is 126 Å². The second-order valence-electron chi connectivity index (χ2n) is 4.92. The molecule has 0 aliphatic carbocycles. The zero-order chi connectivity index (χ0) is 16.2. The molecule has 0 radical (unpaired) electrons. The third-order valence-electron chi connectivity index (χ3n) is 3.15. The van der Waals surface area contributed by atoms with E-state index in [4.69, 9.17) is 10.5 Å². The van der Waals surface area contributed by atoms with Gasteiger partial charge < -0.3 is 15.5 Å². The fraction of sp³-hybridized carbons (Fsp3) is 0.400. The maximum Gasteiger partial charge on any atom is 0.433 e. The van der Waals surface area contributed by atoms with Gasteiger partial charge >= 0.3 is 6.18 Å². The van der Waals surface area contributed by atoms with E-state index in [1.54, 1.807) is 24.3 Å². The van der Waals surface area contributed by atoms with Crippen LogP contribution in [0.2, 0.25) is 0 Å². The van der Waals surface area contributed by atoms with Crippen molar-refractivity contribution in [1.82, 2.24) is 9.97 Å². The molecule has 0 spiro atoms. The Hall–Kier alpha value is -2.18. The summed E-state index contributed by atoms with van der Waals surface area (Å²) < 4.78 is 44.3. The largest absolute Gasteiger partial charge is 0.494 e. The predicted octanol–water partition coefficient (Wildman–Crippen LogP) is 4.25. The standard InChI is InChI=1S/C15H18F3N3O/c1-2-3-4-9-22-11-7-5-10(6-8-11)12-13(15(16,17)18)21-14(19)20-12/h5-8H,2-4,9H2,1H3,(H3,19,20,21). The monoisotopic (exact) mass is 313 g/mol. The SMILES string of the molecule is CCCCCOc1ccc(-c2nc(N)[nH]c2C(F)(F)F)cc1. The first-order valence-electron chi connectivity index (χ1n) is 7.07. The van der Waals surface area contributed by atoms with E-state index < -0.39 is 11.9 Å². The summed E-state index contributed by atoms with van der Waals surface area (Å²) in [5.74, 6) is 0.360. The minimum absolute atomic E-state index is 0.206. The first-order chi connectivity index (χ1) is 10.4. The molecular weight excluding hydrogens is 295 g/mol. The van der Waals surface area contributed by atoms with Crippen molar-refractivity contribution in [1.29, 1.82) is 0 Å². The number of H-pyrrole nitrogens is 1. The molecule has 0 unspecified atom stereocenters. The zero-order valence-electron chi connectivity index (χ0n) is 12.2. The number of nitrogens with zero attached hydrogens (tertiary/aromatic N) is 1. The number of nitrogens with one attached hydrogen (secondary N) is 1. The van der Waals surface area contributed by atoms with Crippen molar-refractivity contribution >= 4 is 5.95 Å². The van der Waals surface area contributed by atoms with E-state index >= 15 is 0 Å². The number of unbranched alkanes of at least 4 members (excludes halogenated alkanes) is 2. The quantitative estimate of drug-likeness (QED) is 0.784. The summed E-state index contributed by atoms with van der Waals surface area (Å²) in [6.07, 6.45) is -1.40. The third-order valence-corrected chi connectivity index (χ3v) is 3.15. The molecule has 0 fully saturated rings. The first-order valence-corrected chi connectivity index (χ1v) is 7.07. The van der Waals surface area contributed by atoms with E-state index in [9.17, 15) is 13.2 Å². The lowest BCUT2D eigenvalue weighted by Gasteiger charge is -2.08. The van der Waals surface area contributed by atoms with Crippen molar-refractivity contribution in [2.45, 2.75) is 32.4 Å². The number of anilines is 1. The van der Waals surface area contributed by atoms with Crippen molar-refractivity contribution in [3.8, 4) is 17.0 Å². The van der Waals surface area contributed by atoms with Crippen LogP contribution in [0.3, 0.4) is 0 Å². The number of aromatic amines is 1. The Kier molecular flexibility index (Phi) is 4.95. The summed E-state index contributed by atoms with van der Waals surface area (Å²) in [5, 5.41) is 0. The maximum absolute atomic E-state index is 12.9. The molecule has 7 heteroatoms. The van der Waals surface area contributed by atoms with Crippen LogP contribution in [0.25, 0.3) is 11.3 Å². The average molecular weight is 313 g/mol. The van der Waals surface area contributed by atoms with E-state index in [2.05, 4.69) is 16.9 Å². The van der Waals surface area contributed by atoms with Crippen LogP contribution in [0.4, 0.5) is 19.1 Å². The molecule has 4 nitrogen and oxygen atoms in total. The Morgan fingerprint density at radius 1 is 1.18 bits per heavy atom. The molecule has 0 saturated heterocycles. The van der Waals surface area contributed by atoms with Crippen molar-refractivity contribution in [2.24, 2.45) is 0 Å². The van der Waals surface area contributed by atoms with Gasteiger partial charge in [-0.3, -0.25) is 0 Å². The number of nitrogen functional groups attached to an aromatic ring is 1.